The van der Waals surface area contributed by atoms with Crippen LogP contribution in [0.1, 0.15) is 84.0 Å². The Morgan fingerprint density at radius 2 is 1.14 bits per heavy atom. The van der Waals surface area contributed by atoms with Crippen molar-refractivity contribution in [3.05, 3.63) is 48.5 Å². The fourth-order valence-corrected chi connectivity index (χ4v) is 4.38. The first-order valence-electron chi connectivity index (χ1n) is 13.8. The Hall–Kier alpha value is -2.49. The summed E-state index contributed by atoms with van der Waals surface area (Å²) >= 11 is 0. The zero-order chi connectivity index (χ0) is 25.3. The molecule has 0 fully saturated rings. The van der Waals surface area contributed by atoms with E-state index in [-0.39, 0.29) is 0 Å². The fraction of sp³-hybridized carbons (Fsp3) is 0.581. The molecule has 0 spiro atoms. The number of anilines is 1. The number of hydrogen-bond acceptors (Lipinski definition) is 1. The lowest BCUT2D eigenvalue weighted by Gasteiger charge is -2.13. The molecule has 1 N–H and O–H groups in total. The van der Waals surface area contributed by atoms with Gasteiger partial charge in [-0.1, -0.05) is 102 Å². The molecule has 0 saturated heterocycles. The number of unbranched alkanes of at least 4 members (excludes halogenated alkanes) is 11. The lowest BCUT2D eigenvalue weighted by molar-refractivity contribution is -0.469. The summed E-state index contributed by atoms with van der Waals surface area (Å²) in [4.78, 5) is 2.07. The Morgan fingerprint density at radius 3 is 1.60 bits per heavy atom. The highest BCUT2D eigenvalue weighted by Gasteiger charge is 2.12. The maximum absolute atomic E-state index is 5.97. The summed E-state index contributed by atoms with van der Waals surface area (Å²) in [5, 5.41) is 3.47. The molecule has 2 rings (SSSR count). The number of guanidine groups is 1. The molecule has 35 heavy (non-hydrogen) atoms. The summed E-state index contributed by atoms with van der Waals surface area (Å²) in [6.07, 6.45) is 16.4. The second-order valence-electron chi connectivity index (χ2n) is 10.1. The van der Waals surface area contributed by atoms with Crippen molar-refractivity contribution in [2.75, 3.05) is 40.1 Å². The van der Waals surface area contributed by atoms with Gasteiger partial charge in [-0.2, -0.15) is 0 Å². The predicted octanol–water partition coefficient (Wildman–Crippen LogP) is 8.04. The summed E-state index contributed by atoms with van der Waals surface area (Å²) in [6, 6.07) is 17.0. The van der Waals surface area contributed by atoms with Crippen molar-refractivity contribution in [3.8, 4) is 16.9 Å². The van der Waals surface area contributed by atoms with E-state index < -0.39 is 0 Å². The van der Waals surface area contributed by atoms with Gasteiger partial charge in [-0.15, -0.1) is 0 Å². The number of rotatable bonds is 16. The van der Waals surface area contributed by atoms with Crippen LogP contribution in [0.5, 0.6) is 5.75 Å². The van der Waals surface area contributed by atoms with E-state index in [1.165, 1.54) is 81.8 Å². The highest BCUT2D eigenvalue weighted by molar-refractivity contribution is 5.89. The van der Waals surface area contributed by atoms with Crippen LogP contribution in [-0.4, -0.2) is 50.2 Å². The predicted molar refractivity (Wildman–Crippen MR) is 153 cm³/mol. The van der Waals surface area contributed by atoms with Crippen LogP contribution in [-0.2, 0) is 0 Å². The van der Waals surface area contributed by atoms with E-state index in [4.69, 9.17) is 4.74 Å². The molecule has 0 amide bonds. The molecule has 0 heterocycles. The van der Waals surface area contributed by atoms with Gasteiger partial charge >= 0.3 is 5.96 Å². The monoisotopic (exact) mass is 480 g/mol. The Morgan fingerprint density at radius 1 is 0.686 bits per heavy atom. The van der Waals surface area contributed by atoms with Gasteiger partial charge in [0.1, 0.15) is 5.75 Å². The van der Waals surface area contributed by atoms with Crippen molar-refractivity contribution in [1.82, 2.24) is 4.90 Å². The van der Waals surface area contributed by atoms with Gasteiger partial charge in [0.15, 0.2) is 0 Å². The average Bonchev–Trinajstić information content (AvgIpc) is 2.86. The van der Waals surface area contributed by atoms with E-state index in [1.54, 1.807) is 0 Å². The van der Waals surface area contributed by atoms with Crippen LogP contribution in [0, 0.1) is 0 Å². The second kappa shape index (κ2) is 17.0. The van der Waals surface area contributed by atoms with Crippen LogP contribution in [0.25, 0.3) is 11.1 Å². The van der Waals surface area contributed by atoms with Crippen molar-refractivity contribution in [3.63, 3.8) is 0 Å². The molecule has 4 nitrogen and oxygen atoms in total. The van der Waals surface area contributed by atoms with Crippen LogP contribution in [0.2, 0.25) is 0 Å². The van der Waals surface area contributed by atoms with Gasteiger partial charge in [0.2, 0.25) is 0 Å². The third kappa shape index (κ3) is 11.7. The molecule has 0 radical (unpaired) electrons. The summed E-state index contributed by atoms with van der Waals surface area (Å²) in [7, 11) is 8.16. The molecule has 2 aromatic rings. The Balaban J connectivity index is 1.62. The van der Waals surface area contributed by atoms with E-state index >= 15 is 0 Å². The molecule has 0 bridgehead atoms. The highest BCUT2D eigenvalue weighted by atomic mass is 16.5. The molecular weight excluding hydrogens is 430 g/mol. The van der Waals surface area contributed by atoms with E-state index in [0.717, 1.165) is 30.4 Å². The second-order valence-corrected chi connectivity index (χ2v) is 10.1. The van der Waals surface area contributed by atoms with Gasteiger partial charge in [0.05, 0.1) is 40.5 Å². The molecule has 0 unspecified atom stereocenters. The lowest BCUT2D eigenvalue weighted by atomic mass is 10.1. The van der Waals surface area contributed by atoms with Crippen molar-refractivity contribution in [2.45, 2.75) is 84.0 Å². The molecule has 0 aromatic heterocycles. The van der Waals surface area contributed by atoms with Crippen molar-refractivity contribution in [1.29, 1.82) is 0 Å². The molecule has 194 valence electrons. The third-order valence-electron chi connectivity index (χ3n) is 6.44. The SMILES string of the molecule is CCCCCCCCCCCCCCOc1ccc(-c2ccc(NC(N(C)C)=[N+](C)C)cc2)cc1. The molecule has 4 heteroatoms. The minimum Gasteiger partial charge on any atom is -0.494 e. The molecule has 0 aliphatic carbocycles. The van der Waals surface area contributed by atoms with Gasteiger partial charge in [0, 0.05) is 0 Å². The zero-order valence-corrected chi connectivity index (χ0v) is 23.1. The minimum atomic E-state index is 0.813. The van der Waals surface area contributed by atoms with Gasteiger partial charge in [0.25, 0.3) is 0 Å². The normalized spacial score (nSPS) is 10.8. The Bertz CT molecular complexity index is 837. The van der Waals surface area contributed by atoms with Crippen LogP contribution in [0.15, 0.2) is 48.5 Å². The van der Waals surface area contributed by atoms with E-state index in [1.807, 2.05) is 28.2 Å². The molecular formula is C31H50N3O+. The molecule has 0 saturated carbocycles. The molecule has 0 aliphatic heterocycles. The quantitative estimate of drug-likeness (QED) is 0.114. The number of ether oxygens (including phenoxy) is 1. The van der Waals surface area contributed by atoms with E-state index in [0.29, 0.717) is 0 Å². The van der Waals surface area contributed by atoms with Crippen molar-refractivity contribution >= 4 is 11.6 Å². The Kier molecular flexibility index (Phi) is 14.0. The summed E-state index contributed by atoms with van der Waals surface area (Å²) < 4.78 is 8.05. The fourth-order valence-electron chi connectivity index (χ4n) is 4.38. The smallest absolute Gasteiger partial charge is 0.352 e. The van der Waals surface area contributed by atoms with Crippen molar-refractivity contribution < 1.29 is 9.31 Å². The van der Waals surface area contributed by atoms with Crippen molar-refractivity contribution in [2.24, 2.45) is 0 Å². The van der Waals surface area contributed by atoms with E-state index in [9.17, 15) is 0 Å². The van der Waals surface area contributed by atoms with Gasteiger partial charge in [-0.05, 0) is 41.8 Å². The first-order valence-corrected chi connectivity index (χ1v) is 13.8. The summed E-state index contributed by atoms with van der Waals surface area (Å²) in [6.45, 7) is 3.10. The van der Waals surface area contributed by atoms with Gasteiger partial charge in [-0.25, -0.2) is 5.32 Å². The first-order chi connectivity index (χ1) is 17.0. The largest absolute Gasteiger partial charge is 0.494 e. The Labute approximate surface area is 215 Å². The highest BCUT2D eigenvalue weighted by Crippen LogP contribution is 2.24. The van der Waals surface area contributed by atoms with Crippen LogP contribution in [0.4, 0.5) is 5.69 Å². The van der Waals surface area contributed by atoms with Gasteiger partial charge < -0.3 is 4.74 Å². The number of hydrogen-bond donors (Lipinski definition) is 1. The van der Waals surface area contributed by atoms with E-state index in [2.05, 4.69) is 70.2 Å². The summed E-state index contributed by atoms with van der Waals surface area (Å²) in [5.74, 6) is 2.01. The molecule has 0 atom stereocenters. The first kappa shape index (κ1) is 28.7. The van der Waals surface area contributed by atoms with Gasteiger partial charge in [-0.3, -0.25) is 9.48 Å². The molecule has 0 aliphatic rings. The lowest BCUT2D eigenvalue weighted by Crippen LogP contribution is -2.36. The molecule has 2 aromatic carbocycles. The maximum Gasteiger partial charge on any atom is 0.352 e. The number of nitrogens with one attached hydrogen (secondary N) is 1. The number of benzene rings is 2. The standard InChI is InChI=1S/C31H49N3O/c1-6-7-8-9-10-11-12-13-14-15-16-17-26-35-30-24-20-28(21-25-30)27-18-22-29(23-19-27)32-31(33(2)3)34(4)5/h18-25H,6-17,26H2,1-5H3/p+1. The summed E-state index contributed by atoms with van der Waals surface area (Å²) in [5.41, 5.74) is 3.49. The number of nitrogens with zero attached hydrogens (tertiary/aromatic N) is 2. The zero-order valence-electron chi connectivity index (χ0n) is 23.1. The average molecular weight is 481 g/mol. The maximum atomic E-state index is 5.97. The topological polar surface area (TPSA) is 27.5 Å². The van der Waals surface area contributed by atoms with Crippen LogP contribution >= 0.6 is 0 Å². The van der Waals surface area contributed by atoms with Crippen LogP contribution in [0.3, 0.4) is 0 Å². The van der Waals surface area contributed by atoms with Crippen LogP contribution < -0.4 is 10.1 Å². The minimum absolute atomic E-state index is 0.813. The third-order valence-corrected chi connectivity index (χ3v) is 6.44.